The summed E-state index contributed by atoms with van der Waals surface area (Å²) in [6.45, 7) is 3.09. The van der Waals surface area contributed by atoms with Crippen LogP contribution in [0.1, 0.15) is 22.8 Å². The van der Waals surface area contributed by atoms with Crippen molar-refractivity contribution in [3.8, 4) is 0 Å². The first-order chi connectivity index (χ1) is 6.32. The molecule has 76 valence electrons. The smallest absolute Gasteiger partial charge is 0.238 e. The lowest BCUT2D eigenvalue weighted by Crippen LogP contribution is -2.16. The van der Waals surface area contributed by atoms with Crippen LogP contribution in [0.2, 0.25) is 0 Å². The summed E-state index contributed by atoms with van der Waals surface area (Å²) in [7, 11) is -3.82. The molecule has 0 aliphatic heterocycles. The number of benzene rings is 1. The highest BCUT2D eigenvalue weighted by molar-refractivity contribution is 7.89. The summed E-state index contributed by atoms with van der Waals surface area (Å²) in [6.07, 6.45) is 0. The third-order valence-corrected chi connectivity index (χ3v) is 2.79. The minimum absolute atomic E-state index is 0.115. The van der Waals surface area contributed by atoms with Crippen LogP contribution in [0.3, 0.4) is 0 Å². The van der Waals surface area contributed by atoms with E-state index in [0.29, 0.717) is 0 Å². The van der Waals surface area contributed by atoms with Gasteiger partial charge in [0.15, 0.2) is 5.78 Å². The van der Waals surface area contributed by atoms with Gasteiger partial charge in [-0.25, -0.2) is 13.6 Å². The first-order valence-electron chi connectivity index (χ1n) is 3.97. The molecule has 1 rings (SSSR count). The molecule has 0 unspecified atom stereocenters. The topological polar surface area (TPSA) is 77.2 Å². The summed E-state index contributed by atoms with van der Waals surface area (Å²) < 4.78 is 22.2. The standard InChI is InChI=1S/C9H11NO3S/c1-6-3-4-9(14(10,12)13)8(5-6)7(2)11/h3-5H,1-2H3,(H2,10,12,13). The number of carbonyl (C=O) groups excluding carboxylic acids is 1. The normalized spacial score (nSPS) is 11.4. The molecular formula is C9H11NO3S. The maximum absolute atomic E-state index is 11.1. The highest BCUT2D eigenvalue weighted by atomic mass is 32.2. The molecule has 0 aliphatic rings. The van der Waals surface area contributed by atoms with Crippen LogP contribution in [0.5, 0.6) is 0 Å². The predicted molar refractivity (Wildman–Crippen MR) is 52.6 cm³/mol. The number of Topliss-reactive ketones (excluding diaryl/α,β-unsaturated/α-hetero) is 1. The highest BCUT2D eigenvalue weighted by Gasteiger charge is 2.16. The van der Waals surface area contributed by atoms with Gasteiger partial charge in [-0.1, -0.05) is 11.6 Å². The highest BCUT2D eigenvalue weighted by Crippen LogP contribution is 2.16. The van der Waals surface area contributed by atoms with Crippen molar-refractivity contribution >= 4 is 15.8 Å². The number of hydrogen-bond donors (Lipinski definition) is 1. The number of sulfonamides is 1. The van der Waals surface area contributed by atoms with Crippen molar-refractivity contribution in [3.05, 3.63) is 29.3 Å². The molecule has 0 spiro atoms. The van der Waals surface area contributed by atoms with E-state index in [9.17, 15) is 13.2 Å². The van der Waals surface area contributed by atoms with Crippen LogP contribution in [0.15, 0.2) is 23.1 Å². The Hall–Kier alpha value is -1.20. The van der Waals surface area contributed by atoms with Gasteiger partial charge in [0.1, 0.15) is 0 Å². The predicted octanol–water partition coefficient (Wildman–Crippen LogP) is 0.845. The molecule has 5 heteroatoms. The molecule has 0 bridgehead atoms. The Morgan fingerprint density at radius 3 is 2.36 bits per heavy atom. The Balaban J connectivity index is 3.53. The van der Waals surface area contributed by atoms with Gasteiger partial charge in [-0.2, -0.15) is 0 Å². The summed E-state index contributed by atoms with van der Waals surface area (Å²) in [4.78, 5) is 11.0. The van der Waals surface area contributed by atoms with Crippen LogP contribution in [0.25, 0.3) is 0 Å². The number of carbonyl (C=O) groups is 1. The number of primary sulfonamides is 1. The van der Waals surface area contributed by atoms with Crippen molar-refractivity contribution in [2.24, 2.45) is 5.14 Å². The van der Waals surface area contributed by atoms with Gasteiger partial charge in [0, 0.05) is 5.56 Å². The van der Waals surface area contributed by atoms with Gasteiger partial charge in [-0.3, -0.25) is 4.79 Å². The molecule has 1 aromatic rings. The van der Waals surface area contributed by atoms with E-state index >= 15 is 0 Å². The number of hydrogen-bond acceptors (Lipinski definition) is 3. The fourth-order valence-electron chi connectivity index (χ4n) is 1.17. The molecule has 0 radical (unpaired) electrons. The van der Waals surface area contributed by atoms with E-state index in [2.05, 4.69) is 0 Å². The molecule has 0 saturated carbocycles. The van der Waals surface area contributed by atoms with Crippen molar-refractivity contribution in [2.45, 2.75) is 18.7 Å². The van der Waals surface area contributed by atoms with E-state index < -0.39 is 10.0 Å². The van der Waals surface area contributed by atoms with E-state index in [4.69, 9.17) is 5.14 Å². The summed E-state index contributed by atoms with van der Waals surface area (Å²) in [5, 5.41) is 4.97. The molecule has 14 heavy (non-hydrogen) atoms. The Morgan fingerprint density at radius 1 is 1.36 bits per heavy atom. The van der Waals surface area contributed by atoms with Gasteiger partial charge < -0.3 is 0 Å². The fraction of sp³-hybridized carbons (Fsp3) is 0.222. The second-order valence-electron chi connectivity index (χ2n) is 3.10. The molecule has 0 aromatic heterocycles. The average Bonchev–Trinajstić information content (AvgIpc) is 2.01. The molecule has 4 nitrogen and oxygen atoms in total. The van der Waals surface area contributed by atoms with Gasteiger partial charge in [0.05, 0.1) is 4.90 Å². The van der Waals surface area contributed by atoms with E-state index in [1.807, 2.05) is 0 Å². The van der Waals surface area contributed by atoms with Crippen LogP contribution in [-0.4, -0.2) is 14.2 Å². The van der Waals surface area contributed by atoms with Crippen molar-refractivity contribution in [2.75, 3.05) is 0 Å². The Kier molecular flexibility index (Phi) is 2.73. The second-order valence-corrected chi connectivity index (χ2v) is 4.63. The number of rotatable bonds is 2. The lowest BCUT2D eigenvalue weighted by atomic mass is 10.1. The zero-order chi connectivity index (χ0) is 10.9. The van der Waals surface area contributed by atoms with E-state index in [0.717, 1.165) is 5.56 Å². The molecule has 2 N–H and O–H groups in total. The molecule has 0 heterocycles. The van der Waals surface area contributed by atoms with Gasteiger partial charge in [0.2, 0.25) is 10.0 Å². The van der Waals surface area contributed by atoms with E-state index in [-0.39, 0.29) is 16.2 Å². The minimum atomic E-state index is -3.82. The van der Waals surface area contributed by atoms with Gasteiger partial charge in [0.25, 0.3) is 0 Å². The van der Waals surface area contributed by atoms with Crippen LogP contribution in [0, 0.1) is 6.92 Å². The monoisotopic (exact) mass is 213 g/mol. The number of ketones is 1. The quantitative estimate of drug-likeness (QED) is 0.739. The van der Waals surface area contributed by atoms with Crippen molar-refractivity contribution in [1.29, 1.82) is 0 Å². The van der Waals surface area contributed by atoms with Crippen LogP contribution in [-0.2, 0) is 10.0 Å². The minimum Gasteiger partial charge on any atom is -0.294 e. The maximum Gasteiger partial charge on any atom is 0.238 e. The first kappa shape index (κ1) is 10.9. The largest absolute Gasteiger partial charge is 0.294 e. The Bertz CT molecular complexity index is 477. The Labute approximate surface area is 82.8 Å². The number of nitrogens with two attached hydrogens (primary N) is 1. The van der Waals surface area contributed by atoms with Crippen LogP contribution in [0.4, 0.5) is 0 Å². The molecular weight excluding hydrogens is 202 g/mol. The Morgan fingerprint density at radius 2 is 1.93 bits per heavy atom. The molecule has 0 amide bonds. The van der Waals surface area contributed by atoms with Crippen molar-refractivity contribution < 1.29 is 13.2 Å². The molecule has 1 aromatic carbocycles. The molecule has 0 atom stereocenters. The van der Waals surface area contributed by atoms with Crippen molar-refractivity contribution in [3.63, 3.8) is 0 Å². The average molecular weight is 213 g/mol. The van der Waals surface area contributed by atoms with Crippen molar-refractivity contribution in [1.82, 2.24) is 0 Å². The SMILES string of the molecule is CC(=O)c1cc(C)ccc1S(N)(=O)=O. The molecule has 0 aliphatic carbocycles. The molecule has 0 saturated heterocycles. The zero-order valence-electron chi connectivity index (χ0n) is 7.94. The first-order valence-corrected chi connectivity index (χ1v) is 5.51. The lowest BCUT2D eigenvalue weighted by Gasteiger charge is -2.05. The van der Waals surface area contributed by atoms with Gasteiger partial charge >= 0.3 is 0 Å². The fourth-order valence-corrected chi connectivity index (χ4v) is 1.93. The van der Waals surface area contributed by atoms with E-state index in [1.54, 1.807) is 13.0 Å². The maximum atomic E-state index is 11.1. The summed E-state index contributed by atoms with van der Waals surface area (Å²) in [5.74, 6) is -0.308. The lowest BCUT2D eigenvalue weighted by molar-refractivity contribution is 0.101. The molecule has 0 fully saturated rings. The van der Waals surface area contributed by atoms with Crippen LogP contribution >= 0.6 is 0 Å². The third kappa shape index (κ3) is 2.18. The summed E-state index contributed by atoms with van der Waals surface area (Å²) >= 11 is 0. The van der Waals surface area contributed by atoms with Gasteiger partial charge in [-0.15, -0.1) is 0 Å². The summed E-state index contributed by atoms with van der Waals surface area (Å²) in [5.41, 5.74) is 0.968. The zero-order valence-corrected chi connectivity index (χ0v) is 8.76. The van der Waals surface area contributed by atoms with E-state index in [1.165, 1.54) is 19.1 Å². The third-order valence-electron chi connectivity index (χ3n) is 1.82. The van der Waals surface area contributed by atoms with Gasteiger partial charge in [-0.05, 0) is 26.0 Å². The van der Waals surface area contributed by atoms with Crippen LogP contribution < -0.4 is 5.14 Å². The second kappa shape index (κ2) is 3.51. The number of aryl methyl sites for hydroxylation is 1. The summed E-state index contributed by atoms with van der Waals surface area (Å²) in [6, 6.07) is 4.47.